The van der Waals surface area contributed by atoms with Crippen molar-refractivity contribution in [2.24, 2.45) is 5.41 Å². The van der Waals surface area contributed by atoms with Crippen molar-refractivity contribution < 1.29 is 23.9 Å². The summed E-state index contributed by atoms with van der Waals surface area (Å²) in [7, 11) is 0. The lowest BCUT2D eigenvalue weighted by molar-refractivity contribution is -0.194. The molecule has 2 amide bonds. The van der Waals surface area contributed by atoms with E-state index in [4.69, 9.17) is 9.47 Å². The Morgan fingerprint density at radius 1 is 1.19 bits per heavy atom. The highest BCUT2D eigenvalue weighted by Crippen LogP contribution is 2.43. The third-order valence-electron chi connectivity index (χ3n) is 5.55. The average molecular weight is 371 g/mol. The van der Waals surface area contributed by atoms with Crippen LogP contribution in [-0.4, -0.2) is 37.1 Å². The third-order valence-corrected chi connectivity index (χ3v) is 5.55. The number of hydrogen-bond acceptors (Lipinski definition) is 5. The van der Waals surface area contributed by atoms with E-state index >= 15 is 0 Å². The Balaban J connectivity index is 1.49. The molecule has 6 heteroatoms. The molecule has 3 rings (SSSR count). The Morgan fingerprint density at radius 2 is 1.85 bits per heavy atom. The van der Waals surface area contributed by atoms with E-state index in [1.165, 1.54) is 12.2 Å². The van der Waals surface area contributed by atoms with Crippen molar-refractivity contribution in [2.75, 3.05) is 18.1 Å². The Kier molecular flexibility index (Phi) is 5.75. The monoisotopic (exact) mass is 371 g/mol. The predicted octanol–water partition coefficient (Wildman–Crippen LogP) is 3.26. The molecule has 2 atom stereocenters. The summed E-state index contributed by atoms with van der Waals surface area (Å²) in [4.78, 5) is 36.6. The van der Waals surface area contributed by atoms with Crippen LogP contribution in [0.3, 0.4) is 0 Å². The normalized spacial score (nSPS) is 24.2. The van der Waals surface area contributed by atoms with E-state index in [2.05, 4.69) is 13.8 Å². The molecule has 1 fully saturated rings. The van der Waals surface area contributed by atoms with Crippen molar-refractivity contribution in [3.63, 3.8) is 0 Å². The summed E-state index contributed by atoms with van der Waals surface area (Å²) in [6.07, 6.45) is 6.64. The zero-order valence-corrected chi connectivity index (χ0v) is 15.8. The van der Waals surface area contributed by atoms with Gasteiger partial charge in [-0.2, -0.15) is 0 Å². The summed E-state index contributed by atoms with van der Waals surface area (Å²) in [5.41, 5.74) is 1.06. The fraction of sp³-hybridized carbons (Fsp3) is 0.476. The molecular weight excluding hydrogens is 346 g/mol. The van der Waals surface area contributed by atoms with Crippen LogP contribution in [0.5, 0.6) is 0 Å². The summed E-state index contributed by atoms with van der Waals surface area (Å²) in [6.45, 7) is 5.48. The minimum absolute atomic E-state index is 0.228. The molecule has 2 aliphatic heterocycles. The highest BCUT2D eigenvalue weighted by Gasteiger charge is 2.45. The number of rotatable bonds is 8. The zero-order valence-electron chi connectivity index (χ0n) is 15.8. The summed E-state index contributed by atoms with van der Waals surface area (Å²) in [6, 6.07) is 6.28. The van der Waals surface area contributed by atoms with Crippen LogP contribution in [0.25, 0.3) is 0 Å². The number of amides is 2. The van der Waals surface area contributed by atoms with Crippen LogP contribution in [-0.2, 0) is 19.1 Å². The van der Waals surface area contributed by atoms with E-state index < -0.39 is 5.97 Å². The summed E-state index contributed by atoms with van der Waals surface area (Å²) in [5.74, 6) is -1.17. The molecule has 2 heterocycles. The molecule has 0 radical (unpaired) electrons. The number of imide groups is 1. The molecule has 1 aromatic rings. The Hall–Kier alpha value is -2.47. The van der Waals surface area contributed by atoms with Gasteiger partial charge < -0.3 is 9.47 Å². The molecule has 1 aromatic carbocycles. The van der Waals surface area contributed by atoms with Crippen LogP contribution in [0.4, 0.5) is 5.69 Å². The maximum absolute atomic E-state index is 12.2. The van der Waals surface area contributed by atoms with Gasteiger partial charge in [-0.05, 0) is 49.9 Å². The second-order valence-corrected chi connectivity index (χ2v) is 7.06. The number of benzene rings is 1. The number of carbonyl (C=O) groups is 3. The molecule has 0 spiro atoms. The van der Waals surface area contributed by atoms with E-state index in [0.717, 1.165) is 37.2 Å². The predicted molar refractivity (Wildman–Crippen MR) is 100 cm³/mol. The molecule has 2 aliphatic rings. The van der Waals surface area contributed by atoms with Crippen LogP contribution in [0.1, 0.15) is 49.9 Å². The van der Waals surface area contributed by atoms with E-state index in [9.17, 15) is 14.4 Å². The van der Waals surface area contributed by atoms with Crippen molar-refractivity contribution in [1.82, 2.24) is 0 Å². The van der Waals surface area contributed by atoms with Gasteiger partial charge in [0.1, 0.15) is 0 Å². The quantitative estimate of drug-likeness (QED) is 0.398. The van der Waals surface area contributed by atoms with Gasteiger partial charge in [-0.25, -0.2) is 9.69 Å². The van der Waals surface area contributed by atoms with Crippen molar-refractivity contribution in [3.8, 4) is 0 Å². The molecule has 1 saturated heterocycles. The zero-order chi connectivity index (χ0) is 19.4. The van der Waals surface area contributed by atoms with Crippen LogP contribution in [0, 0.1) is 5.41 Å². The maximum Gasteiger partial charge on any atom is 0.338 e. The first kappa shape index (κ1) is 19.3. The van der Waals surface area contributed by atoms with Gasteiger partial charge in [0, 0.05) is 17.6 Å². The molecule has 144 valence electrons. The lowest BCUT2D eigenvalue weighted by atomic mass is 9.71. The van der Waals surface area contributed by atoms with E-state index in [1.54, 1.807) is 24.3 Å². The molecule has 2 unspecified atom stereocenters. The number of esters is 1. The van der Waals surface area contributed by atoms with Crippen molar-refractivity contribution in [3.05, 3.63) is 42.0 Å². The number of ether oxygens (including phenoxy) is 2. The number of anilines is 1. The summed E-state index contributed by atoms with van der Waals surface area (Å²) in [5, 5.41) is 0. The summed E-state index contributed by atoms with van der Waals surface area (Å²) >= 11 is 0. The molecular formula is C21H25NO5. The first-order valence-electron chi connectivity index (χ1n) is 9.45. The second-order valence-electron chi connectivity index (χ2n) is 7.06. The van der Waals surface area contributed by atoms with Gasteiger partial charge in [-0.15, -0.1) is 0 Å². The molecule has 0 N–H and O–H groups in total. The summed E-state index contributed by atoms with van der Waals surface area (Å²) < 4.78 is 11.0. The smallest absolute Gasteiger partial charge is 0.338 e. The van der Waals surface area contributed by atoms with Gasteiger partial charge in [-0.3, -0.25) is 9.59 Å². The minimum atomic E-state index is -0.402. The Labute approximate surface area is 159 Å². The first-order chi connectivity index (χ1) is 13.0. The highest BCUT2D eigenvalue weighted by molar-refractivity contribution is 6.28. The van der Waals surface area contributed by atoms with E-state index in [0.29, 0.717) is 24.0 Å². The highest BCUT2D eigenvalue weighted by atomic mass is 16.5. The van der Waals surface area contributed by atoms with Crippen molar-refractivity contribution >= 4 is 23.5 Å². The number of carbonyl (C=O) groups excluding carboxylic acids is 3. The largest absolute Gasteiger partial charge is 0.462 e. The van der Waals surface area contributed by atoms with E-state index in [-0.39, 0.29) is 17.2 Å². The van der Waals surface area contributed by atoms with Gasteiger partial charge in [-0.1, -0.05) is 13.8 Å². The fourth-order valence-electron chi connectivity index (χ4n) is 3.80. The topological polar surface area (TPSA) is 72.9 Å². The number of nitrogens with zero attached hydrogens (tertiary/aromatic N) is 1. The van der Waals surface area contributed by atoms with Gasteiger partial charge in [0.25, 0.3) is 11.8 Å². The molecule has 6 nitrogen and oxygen atoms in total. The third kappa shape index (κ3) is 3.81. The van der Waals surface area contributed by atoms with Gasteiger partial charge >= 0.3 is 5.97 Å². The van der Waals surface area contributed by atoms with E-state index in [1.807, 2.05) is 0 Å². The molecule has 27 heavy (non-hydrogen) atoms. The maximum atomic E-state index is 12.2. The first-order valence-corrected chi connectivity index (χ1v) is 9.45. The van der Waals surface area contributed by atoms with Gasteiger partial charge in [0.15, 0.2) is 0 Å². The molecule has 0 saturated carbocycles. The average Bonchev–Trinajstić information content (AvgIpc) is 2.99. The van der Waals surface area contributed by atoms with Crippen LogP contribution >= 0.6 is 0 Å². The lowest BCUT2D eigenvalue weighted by Gasteiger charge is -2.49. The fourth-order valence-corrected chi connectivity index (χ4v) is 3.80. The molecule has 0 aliphatic carbocycles. The second kappa shape index (κ2) is 8.05. The number of hydrogen-bond donors (Lipinski definition) is 0. The lowest BCUT2D eigenvalue weighted by Crippen LogP contribution is -2.51. The van der Waals surface area contributed by atoms with Crippen molar-refractivity contribution in [1.29, 1.82) is 0 Å². The van der Waals surface area contributed by atoms with Crippen LogP contribution < -0.4 is 4.90 Å². The SMILES string of the molecule is CCC1OCC1(CC)CCCOC(=O)c1ccc(N2C(=O)C=CC2=O)cc1. The van der Waals surface area contributed by atoms with Crippen LogP contribution in [0.15, 0.2) is 36.4 Å². The van der Waals surface area contributed by atoms with Crippen LogP contribution in [0.2, 0.25) is 0 Å². The molecule has 0 aromatic heterocycles. The minimum Gasteiger partial charge on any atom is -0.462 e. The Bertz CT molecular complexity index is 730. The van der Waals surface area contributed by atoms with Crippen molar-refractivity contribution in [2.45, 2.75) is 45.6 Å². The van der Waals surface area contributed by atoms with Gasteiger partial charge in [0.05, 0.1) is 30.6 Å². The van der Waals surface area contributed by atoms with Gasteiger partial charge in [0.2, 0.25) is 0 Å². The standard InChI is InChI=1S/C21H25NO5/c1-3-17-21(4-2,14-27-17)12-5-13-26-20(25)15-6-8-16(9-7-15)22-18(23)10-11-19(22)24/h6-11,17H,3-5,12-14H2,1-2H3. The Morgan fingerprint density at radius 3 is 2.37 bits per heavy atom. The molecule has 0 bridgehead atoms.